The van der Waals surface area contributed by atoms with E-state index in [9.17, 15) is 0 Å². The highest BCUT2D eigenvalue weighted by atomic mass is 16.5. The molecule has 0 aromatic heterocycles. The van der Waals surface area contributed by atoms with Crippen molar-refractivity contribution in [2.45, 2.75) is 6.04 Å². The van der Waals surface area contributed by atoms with E-state index in [1.165, 1.54) is 5.56 Å². The van der Waals surface area contributed by atoms with Gasteiger partial charge in [0.2, 0.25) is 0 Å². The number of piperazine rings is 1. The standard InChI is InChI=1S/C14H23N3O/c1-16-7-9-17(10-8-16)11-14(15)12-3-5-13(18-2)6-4-12/h3-6,14H,7-11,15H2,1-2H3. The molecular weight excluding hydrogens is 226 g/mol. The first kappa shape index (κ1) is 13.3. The Hall–Kier alpha value is -1.10. The second-order valence-electron chi connectivity index (χ2n) is 4.98. The molecule has 1 atom stereocenters. The predicted molar refractivity (Wildman–Crippen MR) is 73.9 cm³/mol. The van der Waals surface area contributed by atoms with Gasteiger partial charge in [-0.25, -0.2) is 0 Å². The van der Waals surface area contributed by atoms with Crippen LogP contribution in [-0.4, -0.2) is 56.7 Å². The molecule has 0 amide bonds. The van der Waals surface area contributed by atoms with Gasteiger partial charge in [0.15, 0.2) is 0 Å². The fraction of sp³-hybridized carbons (Fsp3) is 0.571. The first-order valence-electron chi connectivity index (χ1n) is 6.49. The SMILES string of the molecule is COc1ccc(C(N)CN2CCN(C)CC2)cc1. The second-order valence-corrected chi connectivity index (χ2v) is 4.98. The molecule has 0 bridgehead atoms. The Morgan fingerprint density at radius 1 is 1.17 bits per heavy atom. The first-order chi connectivity index (χ1) is 8.69. The van der Waals surface area contributed by atoms with Crippen molar-refractivity contribution in [2.75, 3.05) is 46.9 Å². The number of methoxy groups -OCH3 is 1. The molecule has 18 heavy (non-hydrogen) atoms. The number of nitrogens with two attached hydrogens (primary N) is 1. The van der Waals surface area contributed by atoms with E-state index in [4.69, 9.17) is 10.5 Å². The van der Waals surface area contributed by atoms with Crippen LogP contribution < -0.4 is 10.5 Å². The normalized spacial score (nSPS) is 19.7. The van der Waals surface area contributed by atoms with Gasteiger partial charge in [0.25, 0.3) is 0 Å². The van der Waals surface area contributed by atoms with Gasteiger partial charge in [-0.3, -0.25) is 4.90 Å². The van der Waals surface area contributed by atoms with E-state index < -0.39 is 0 Å². The summed E-state index contributed by atoms with van der Waals surface area (Å²) in [5.41, 5.74) is 7.43. The molecule has 1 aliphatic rings. The largest absolute Gasteiger partial charge is 0.497 e. The van der Waals surface area contributed by atoms with Crippen LogP contribution in [0.4, 0.5) is 0 Å². The van der Waals surface area contributed by atoms with Crippen molar-refractivity contribution in [2.24, 2.45) is 5.73 Å². The number of ether oxygens (including phenoxy) is 1. The van der Waals surface area contributed by atoms with Gasteiger partial charge in [-0.05, 0) is 24.7 Å². The summed E-state index contributed by atoms with van der Waals surface area (Å²) in [6, 6.07) is 8.14. The van der Waals surface area contributed by atoms with E-state index in [0.717, 1.165) is 38.5 Å². The lowest BCUT2D eigenvalue weighted by Crippen LogP contribution is -2.46. The lowest BCUT2D eigenvalue weighted by atomic mass is 10.1. The van der Waals surface area contributed by atoms with Crippen LogP contribution in [0.25, 0.3) is 0 Å². The molecule has 4 heteroatoms. The molecule has 0 saturated carbocycles. The van der Waals surface area contributed by atoms with Gasteiger partial charge in [-0.15, -0.1) is 0 Å². The fourth-order valence-corrected chi connectivity index (χ4v) is 2.27. The molecule has 0 spiro atoms. The van der Waals surface area contributed by atoms with Crippen LogP contribution >= 0.6 is 0 Å². The van der Waals surface area contributed by atoms with E-state index in [0.29, 0.717) is 0 Å². The van der Waals surface area contributed by atoms with Gasteiger partial charge in [0.05, 0.1) is 7.11 Å². The van der Waals surface area contributed by atoms with Gasteiger partial charge in [0.1, 0.15) is 5.75 Å². The quantitative estimate of drug-likeness (QED) is 0.862. The number of benzene rings is 1. The molecule has 0 radical (unpaired) electrons. The highest BCUT2D eigenvalue weighted by molar-refractivity contribution is 5.29. The minimum Gasteiger partial charge on any atom is -0.497 e. The molecule has 0 aliphatic carbocycles. The molecule has 1 fully saturated rings. The molecule has 4 nitrogen and oxygen atoms in total. The zero-order valence-electron chi connectivity index (χ0n) is 11.3. The Bertz CT molecular complexity index is 358. The Morgan fingerprint density at radius 2 is 1.78 bits per heavy atom. The van der Waals surface area contributed by atoms with Crippen LogP contribution in [0.15, 0.2) is 24.3 Å². The van der Waals surface area contributed by atoms with Crippen molar-refractivity contribution in [3.8, 4) is 5.75 Å². The molecule has 1 aromatic carbocycles. The topological polar surface area (TPSA) is 41.7 Å². The van der Waals surface area contributed by atoms with Crippen LogP contribution in [-0.2, 0) is 0 Å². The maximum absolute atomic E-state index is 6.26. The Morgan fingerprint density at radius 3 is 2.33 bits per heavy atom. The lowest BCUT2D eigenvalue weighted by Gasteiger charge is -2.33. The van der Waals surface area contributed by atoms with E-state index >= 15 is 0 Å². The van der Waals surface area contributed by atoms with Crippen molar-refractivity contribution in [1.82, 2.24) is 9.80 Å². The fourth-order valence-electron chi connectivity index (χ4n) is 2.27. The Balaban J connectivity index is 1.88. The summed E-state index contributed by atoms with van der Waals surface area (Å²) < 4.78 is 5.15. The average Bonchev–Trinajstić information content (AvgIpc) is 2.41. The zero-order chi connectivity index (χ0) is 13.0. The van der Waals surface area contributed by atoms with Crippen LogP contribution in [0.2, 0.25) is 0 Å². The summed E-state index contributed by atoms with van der Waals surface area (Å²) in [5.74, 6) is 0.880. The van der Waals surface area contributed by atoms with E-state index in [2.05, 4.69) is 29.0 Å². The van der Waals surface area contributed by atoms with Crippen molar-refractivity contribution in [1.29, 1.82) is 0 Å². The zero-order valence-corrected chi connectivity index (χ0v) is 11.3. The summed E-state index contributed by atoms with van der Waals surface area (Å²) in [4.78, 5) is 4.80. The third kappa shape index (κ3) is 3.45. The van der Waals surface area contributed by atoms with Gasteiger partial charge < -0.3 is 15.4 Å². The van der Waals surface area contributed by atoms with Gasteiger partial charge in [0, 0.05) is 38.8 Å². The maximum atomic E-state index is 6.26. The van der Waals surface area contributed by atoms with Crippen molar-refractivity contribution in [3.63, 3.8) is 0 Å². The monoisotopic (exact) mass is 249 g/mol. The smallest absolute Gasteiger partial charge is 0.118 e. The van der Waals surface area contributed by atoms with Crippen LogP contribution in [0.5, 0.6) is 5.75 Å². The van der Waals surface area contributed by atoms with Gasteiger partial charge in [-0.2, -0.15) is 0 Å². The molecule has 1 aromatic rings. The summed E-state index contributed by atoms with van der Waals surface area (Å²) in [7, 11) is 3.85. The summed E-state index contributed by atoms with van der Waals surface area (Å²) in [6.45, 7) is 5.42. The minimum atomic E-state index is 0.0827. The van der Waals surface area contributed by atoms with Crippen LogP contribution in [0.1, 0.15) is 11.6 Å². The summed E-state index contributed by atoms with van der Waals surface area (Å²) in [5, 5.41) is 0. The van der Waals surface area contributed by atoms with E-state index in [1.807, 2.05) is 12.1 Å². The van der Waals surface area contributed by atoms with Crippen molar-refractivity contribution < 1.29 is 4.74 Å². The minimum absolute atomic E-state index is 0.0827. The third-order valence-electron chi connectivity index (χ3n) is 3.59. The van der Waals surface area contributed by atoms with Gasteiger partial charge >= 0.3 is 0 Å². The van der Waals surface area contributed by atoms with Crippen LogP contribution in [0.3, 0.4) is 0 Å². The average molecular weight is 249 g/mol. The third-order valence-corrected chi connectivity index (χ3v) is 3.59. The van der Waals surface area contributed by atoms with Crippen molar-refractivity contribution in [3.05, 3.63) is 29.8 Å². The highest BCUT2D eigenvalue weighted by Crippen LogP contribution is 2.17. The summed E-state index contributed by atoms with van der Waals surface area (Å²) >= 11 is 0. The number of likely N-dealkylation sites (N-methyl/N-ethyl adjacent to an activating group) is 1. The van der Waals surface area contributed by atoms with Crippen molar-refractivity contribution >= 4 is 0 Å². The van der Waals surface area contributed by atoms with E-state index in [-0.39, 0.29) is 6.04 Å². The number of hydrogen-bond donors (Lipinski definition) is 1. The second kappa shape index (κ2) is 6.18. The predicted octanol–water partition coefficient (Wildman–Crippen LogP) is 0.942. The highest BCUT2D eigenvalue weighted by Gasteiger charge is 2.17. The number of rotatable bonds is 4. The molecular formula is C14H23N3O. The molecule has 1 heterocycles. The molecule has 100 valence electrons. The van der Waals surface area contributed by atoms with Gasteiger partial charge in [-0.1, -0.05) is 12.1 Å². The lowest BCUT2D eigenvalue weighted by molar-refractivity contribution is 0.147. The van der Waals surface area contributed by atoms with Crippen LogP contribution in [0, 0.1) is 0 Å². The molecule has 1 aliphatic heterocycles. The molecule has 1 saturated heterocycles. The molecule has 2 rings (SSSR count). The summed E-state index contributed by atoms with van der Waals surface area (Å²) in [6.07, 6.45) is 0. The molecule has 2 N–H and O–H groups in total. The molecule has 1 unspecified atom stereocenters. The Labute approximate surface area is 109 Å². The Kier molecular flexibility index (Phi) is 4.58. The number of hydrogen-bond acceptors (Lipinski definition) is 4. The maximum Gasteiger partial charge on any atom is 0.118 e. The van der Waals surface area contributed by atoms with E-state index in [1.54, 1.807) is 7.11 Å². The first-order valence-corrected chi connectivity index (χ1v) is 6.49. The number of nitrogens with zero attached hydrogens (tertiary/aromatic N) is 2.